The number of hydrogen-bond acceptors (Lipinski definition) is 5. The van der Waals surface area contributed by atoms with Crippen molar-refractivity contribution in [3.05, 3.63) is 60.7 Å². The van der Waals surface area contributed by atoms with Crippen molar-refractivity contribution in [3.63, 3.8) is 0 Å². The standard InChI is InChI=1S/C21H18I2N2O5/c1-12(2)30-18(26)11-29-19-16(22)9-13(10-17(19)23)8-15-20(27)24-25(21(15)28)14-6-4-3-5-7-14/h3-10,12H,11H2,1-2H3,(H,24,27)/b15-8-. The van der Waals surface area contributed by atoms with Gasteiger partial charge in [-0.3, -0.25) is 15.0 Å². The van der Waals surface area contributed by atoms with Crippen LogP contribution in [-0.4, -0.2) is 30.5 Å². The van der Waals surface area contributed by atoms with E-state index in [1.165, 1.54) is 5.01 Å². The quantitative estimate of drug-likeness (QED) is 0.228. The van der Waals surface area contributed by atoms with E-state index < -0.39 is 17.8 Å². The molecule has 0 spiro atoms. The van der Waals surface area contributed by atoms with E-state index in [9.17, 15) is 14.4 Å². The molecule has 0 bridgehead atoms. The SMILES string of the molecule is CC(C)OC(=O)COc1c(I)cc(/C=C2/C(=O)NN(c3ccccc3)C2=O)cc1I. The molecule has 0 atom stereocenters. The minimum absolute atomic E-state index is 0.0413. The fourth-order valence-corrected chi connectivity index (χ4v) is 4.84. The van der Waals surface area contributed by atoms with Crippen molar-refractivity contribution in [1.29, 1.82) is 0 Å². The van der Waals surface area contributed by atoms with Crippen LogP contribution in [0.2, 0.25) is 0 Å². The van der Waals surface area contributed by atoms with Gasteiger partial charge in [-0.1, -0.05) is 18.2 Å². The molecule has 2 aromatic carbocycles. The first-order valence-electron chi connectivity index (χ1n) is 8.99. The third-order valence-electron chi connectivity index (χ3n) is 3.94. The molecule has 0 radical (unpaired) electrons. The smallest absolute Gasteiger partial charge is 0.344 e. The summed E-state index contributed by atoms with van der Waals surface area (Å²) in [4.78, 5) is 36.8. The number of carbonyl (C=O) groups is 3. The zero-order chi connectivity index (χ0) is 21.8. The number of carbonyl (C=O) groups excluding carboxylic acids is 3. The number of para-hydroxylation sites is 1. The lowest BCUT2D eigenvalue weighted by molar-refractivity contribution is -0.149. The summed E-state index contributed by atoms with van der Waals surface area (Å²) in [6.07, 6.45) is 1.33. The molecule has 1 N–H and O–H groups in total. The summed E-state index contributed by atoms with van der Waals surface area (Å²) in [5, 5.41) is 1.22. The Morgan fingerprint density at radius 3 is 2.37 bits per heavy atom. The van der Waals surface area contributed by atoms with Gasteiger partial charge in [0.15, 0.2) is 6.61 Å². The van der Waals surface area contributed by atoms with Crippen LogP contribution in [0.3, 0.4) is 0 Å². The minimum Gasteiger partial charge on any atom is -0.480 e. The van der Waals surface area contributed by atoms with E-state index in [0.717, 1.165) is 7.14 Å². The number of anilines is 1. The second kappa shape index (κ2) is 9.77. The Kier molecular flexibility index (Phi) is 7.34. The van der Waals surface area contributed by atoms with Gasteiger partial charge < -0.3 is 9.47 Å². The van der Waals surface area contributed by atoms with Crippen LogP contribution in [0.25, 0.3) is 6.08 Å². The van der Waals surface area contributed by atoms with Crippen LogP contribution in [0, 0.1) is 7.14 Å². The summed E-state index contributed by atoms with van der Waals surface area (Å²) >= 11 is 4.17. The average molecular weight is 632 g/mol. The van der Waals surface area contributed by atoms with Crippen molar-refractivity contribution >= 4 is 74.7 Å². The first kappa shape index (κ1) is 22.5. The zero-order valence-electron chi connectivity index (χ0n) is 16.1. The van der Waals surface area contributed by atoms with Gasteiger partial charge in [0.05, 0.1) is 18.9 Å². The van der Waals surface area contributed by atoms with Crippen LogP contribution in [0.4, 0.5) is 5.69 Å². The maximum absolute atomic E-state index is 12.7. The predicted molar refractivity (Wildman–Crippen MR) is 129 cm³/mol. The molecule has 7 nitrogen and oxygen atoms in total. The first-order valence-corrected chi connectivity index (χ1v) is 11.2. The molecule has 0 aliphatic carbocycles. The molecule has 156 valence electrons. The van der Waals surface area contributed by atoms with Crippen molar-refractivity contribution in [1.82, 2.24) is 5.43 Å². The van der Waals surface area contributed by atoms with Crippen LogP contribution < -0.4 is 15.2 Å². The number of rotatable bonds is 6. The molecule has 1 heterocycles. The highest BCUT2D eigenvalue weighted by Gasteiger charge is 2.34. The van der Waals surface area contributed by atoms with Gasteiger partial charge in [0, 0.05) is 0 Å². The van der Waals surface area contributed by atoms with Gasteiger partial charge in [-0.05, 0) is 94.9 Å². The number of nitrogens with one attached hydrogen (secondary N) is 1. The predicted octanol–water partition coefficient (Wildman–Crippen LogP) is 3.69. The summed E-state index contributed by atoms with van der Waals surface area (Å²) in [6, 6.07) is 12.5. The van der Waals surface area contributed by atoms with Gasteiger partial charge in [0.2, 0.25) is 0 Å². The second-order valence-electron chi connectivity index (χ2n) is 6.62. The summed E-state index contributed by atoms with van der Waals surface area (Å²) in [6.45, 7) is 3.34. The highest BCUT2D eigenvalue weighted by Crippen LogP contribution is 2.30. The molecular formula is C21H18I2N2O5. The number of nitrogens with zero attached hydrogens (tertiary/aromatic N) is 1. The minimum atomic E-state index is -0.467. The molecule has 1 fully saturated rings. The highest BCUT2D eigenvalue weighted by molar-refractivity contribution is 14.1. The Balaban J connectivity index is 1.80. The Hall–Kier alpha value is -2.15. The second-order valence-corrected chi connectivity index (χ2v) is 8.94. The topological polar surface area (TPSA) is 84.9 Å². The molecule has 30 heavy (non-hydrogen) atoms. The summed E-state index contributed by atoms with van der Waals surface area (Å²) in [5.74, 6) is -0.789. The molecule has 1 aliphatic heterocycles. The molecule has 9 heteroatoms. The highest BCUT2D eigenvalue weighted by atomic mass is 127. The summed E-state index contributed by atoms with van der Waals surface area (Å²) in [7, 11) is 0. The van der Waals surface area contributed by atoms with Crippen LogP contribution in [-0.2, 0) is 19.1 Å². The third-order valence-corrected chi connectivity index (χ3v) is 5.54. The normalized spacial score (nSPS) is 15.0. The van der Waals surface area contributed by atoms with Gasteiger partial charge in [-0.15, -0.1) is 0 Å². The maximum atomic E-state index is 12.7. The monoisotopic (exact) mass is 632 g/mol. The molecule has 0 unspecified atom stereocenters. The van der Waals surface area contributed by atoms with Crippen molar-refractivity contribution in [3.8, 4) is 5.75 Å². The number of hydrogen-bond donors (Lipinski definition) is 1. The van der Waals surface area contributed by atoms with E-state index in [1.807, 2.05) is 6.07 Å². The summed E-state index contributed by atoms with van der Waals surface area (Å²) in [5.41, 5.74) is 3.88. The molecule has 2 aromatic rings. The molecule has 3 rings (SSSR count). The Labute approximate surface area is 201 Å². The van der Waals surface area contributed by atoms with E-state index in [-0.39, 0.29) is 18.3 Å². The van der Waals surface area contributed by atoms with Crippen LogP contribution in [0.5, 0.6) is 5.75 Å². The third kappa shape index (κ3) is 5.31. The van der Waals surface area contributed by atoms with Gasteiger partial charge in [0.1, 0.15) is 11.3 Å². The van der Waals surface area contributed by atoms with Gasteiger partial charge >= 0.3 is 5.97 Å². The molecule has 0 aromatic heterocycles. The number of amides is 2. The van der Waals surface area contributed by atoms with Gasteiger partial charge in [-0.2, -0.15) is 0 Å². The Morgan fingerprint density at radius 1 is 1.13 bits per heavy atom. The average Bonchev–Trinajstić information content (AvgIpc) is 2.95. The van der Waals surface area contributed by atoms with Crippen molar-refractivity contribution in [2.45, 2.75) is 20.0 Å². The number of esters is 1. The van der Waals surface area contributed by atoms with E-state index in [1.54, 1.807) is 56.3 Å². The largest absolute Gasteiger partial charge is 0.480 e. The number of hydrazine groups is 1. The number of ether oxygens (including phenoxy) is 2. The lowest BCUT2D eigenvalue weighted by atomic mass is 10.1. The van der Waals surface area contributed by atoms with Gasteiger partial charge in [-0.25, -0.2) is 9.80 Å². The van der Waals surface area contributed by atoms with E-state index in [0.29, 0.717) is 17.0 Å². The fourth-order valence-electron chi connectivity index (χ4n) is 2.71. The Bertz CT molecular complexity index is 998. The summed E-state index contributed by atoms with van der Waals surface area (Å²) < 4.78 is 12.2. The lowest BCUT2D eigenvalue weighted by Gasteiger charge is -2.14. The van der Waals surface area contributed by atoms with Crippen LogP contribution in [0.15, 0.2) is 48.0 Å². The maximum Gasteiger partial charge on any atom is 0.344 e. The lowest BCUT2D eigenvalue weighted by Crippen LogP contribution is -2.35. The zero-order valence-corrected chi connectivity index (χ0v) is 20.5. The van der Waals surface area contributed by atoms with Crippen LogP contribution in [0.1, 0.15) is 19.4 Å². The number of benzene rings is 2. The van der Waals surface area contributed by atoms with Crippen LogP contribution >= 0.6 is 45.2 Å². The van der Waals surface area contributed by atoms with Crippen molar-refractivity contribution < 1.29 is 23.9 Å². The van der Waals surface area contributed by atoms with Crippen molar-refractivity contribution in [2.24, 2.45) is 0 Å². The van der Waals surface area contributed by atoms with E-state index in [4.69, 9.17) is 9.47 Å². The molecule has 2 amide bonds. The van der Waals surface area contributed by atoms with E-state index >= 15 is 0 Å². The van der Waals surface area contributed by atoms with Gasteiger partial charge in [0.25, 0.3) is 11.8 Å². The first-order chi connectivity index (χ1) is 14.3. The Morgan fingerprint density at radius 2 is 1.77 bits per heavy atom. The fraction of sp³-hybridized carbons (Fsp3) is 0.190. The van der Waals surface area contributed by atoms with E-state index in [2.05, 4.69) is 50.6 Å². The molecule has 1 aliphatic rings. The molecule has 0 saturated carbocycles. The number of halogens is 2. The molecular weight excluding hydrogens is 614 g/mol. The molecule has 1 saturated heterocycles. The van der Waals surface area contributed by atoms with Crippen molar-refractivity contribution in [2.75, 3.05) is 11.6 Å².